The molecule has 0 aromatic heterocycles. The van der Waals surface area contributed by atoms with Gasteiger partial charge in [0.1, 0.15) is 0 Å². The third-order valence-electron chi connectivity index (χ3n) is 3.35. The zero-order chi connectivity index (χ0) is 13.7. The van der Waals surface area contributed by atoms with E-state index in [1.54, 1.807) is 30.3 Å². The summed E-state index contributed by atoms with van der Waals surface area (Å²) in [6.07, 6.45) is 0. The molecule has 3 rings (SSSR count). The number of nitrogen functional groups attached to an aromatic ring is 2. The number of carbonyl (C=O) groups is 2. The molecule has 0 aliphatic heterocycles. The van der Waals surface area contributed by atoms with Gasteiger partial charge in [-0.3, -0.25) is 9.59 Å². The molecule has 1 aliphatic rings. The molecule has 2 aromatic carbocycles. The number of hydrogen-bond donors (Lipinski definition) is 2. The summed E-state index contributed by atoms with van der Waals surface area (Å²) < 4.78 is 0. The van der Waals surface area contributed by atoms with Crippen molar-refractivity contribution < 1.29 is 9.59 Å². The van der Waals surface area contributed by atoms with Gasteiger partial charge in [0.05, 0.1) is 11.1 Å². The second kappa shape index (κ2) is 3.68. The van der Waals surface area contributed by atoms with Crippen molar-refractivity contribution in [3.8, 4) is 0 Å². The highest BCUT2D eigenvalue weighted by molar-refractivity contribution is 6.31. The second-order valence-corrected chi connectivity index (χ2v) is 4.70. The lowest BCUT2D eigenvalue weighted by Gasteiger charge is -2.20. The fourth-order valence-corrected chi connectivity index (χ4v) is 2.53. The standard InChI is InChI=1S/C15H12N2O2/c1-7-5-9-13(11(17)6-7)15(19)12-8(14(9)18)3-2-4-10(12)16/h2-6H,16-17H2,1H3. The Hall–Kier alpha value is -2.62. The normalized spacial score (nSPS) is 13.1. The Bertz CT molecular complexity index is 748. The van der Waals surface area contributed by atoms with Crippen LogP contribution in [-0.2, 0) is 0 Å². The molecule has 0 unspecified atom stereocenters. The number of benzene rings is 2. The van der Waals surface area contributed by atoms with Gasteiger partial charge in [-0.1, -0.05) is 12.1 Å². The van der Waals surface area contributed by atoms with E-state index in [4.69, 9.17) is 11.5 Å². The van der Waals surface area contributed by atoms with Gasteiger partial charge in [0.25, 0.3) is 0 Å². The van der Waals surface area contributed by atoms with E-state index < -0.39 is 0 Å². The Balaban J connectivity index is 2.40. The molecule has 0 saturated carbocycles. The molecule has 0 atom stereocenters. The van der Waals surface area contributed by atoms with Gasteiger partial charge < -0.3 is 11.5 Å². The molecular formula is C15H12N2O2. The summed E-state index contributed by atoms with van der Waals surface area (Å²) in [5, 5.41) is 0. The van der Waals surface area contributed by atoms with Gasteiger partial charge in [-0.25, -0.2) is 0 Å². The van der Waals surface area contributed by atoms with Crippen LogP contribution in [0.25, 0.3) is 0 Å². The van der Waals surface area contributed by atoms with Gasteiger partial charge >= 0.3 is 0 Å². The molecule has 0 fully saturated rings. The molecule has 0 saturated heterocycles. The SMILES string of the molecule is Cc1cc(N)c2c(c1)C(=O)c1cccc(N)c1C2=O. The zero-order valence-corrected chi connectivity index (χ0v) is 10.4. The van der Waals surface area contributed by atoms with Gasteiger partial charge in [-0.2, -0.15) is 0 Å². The first-order chi connectivity index (χ1) is 9.00. The van der Waals surface area contributed by atoms with Crippen molar-refractivity contribution in [2.75, 3.05) is 11.5 Å². The molecule has 4 N–H and O–H groups in total. The van der Waals surface area contributed by atoms with Crippen molar-refractivity contribution in [2.24, 2.45) is 0 Å². The summed E-state index contributed by atoms with van der Waals surface area (Å²) in [6.45, 7) is 1.84. The fraction of sp³-hybridized carbons (Fsp3) is 0.0667. The van der Waals surface area contributed by atoms with Crippen LogP contribution in [0, 0.1) is 6.92 Å². The minimum atomic E-state index is -0.278. The molecule has 4 heteroatoms. The smallest absolute Gasteiger partial charge is 0.198 e. The van der Waals surface area contributed by atoms with Crippen molar-refractivity contribution in [1.29, 1.82) is 0 Å². The summed E-state index contributed by atoms with van der Waals surface area (Å²) >= 11 is 0. The van der Waals surface area contributed by atoms with Crippen LogP contribution in [0.15, 0.2) is 30.3 Å². The zero-order valence-electron chi connectivity index (χ0n) is 10.4. The predicted molar refractivity (Wildman–Crippen MR) is 73.3 cm³/mol. The maximum Gasteiger partial charge on any atom is 0.198 e. The Morgan fingerprint density at radius 2 is 1.53 bits per heavy atom. The Morgan fingerprint density at radius 3 is 2.26 bits per heavy atom. The molecule has 4 nitrogen and oxygen atoms in total. The number of nitrogens with two attached hydrogens (primary N) is 2. The number of fused-ring (bicyclic) bond motifs is 2. The highest BCUT2D eigenvalue weighted by Gasteiger charge is 2.32. The van der Waals surface area contributed by atoms with Crippen LogP contribution < -0.4 is 11.5 Å². The van der Waals surface area contributed by atoms with Gasteiger partial charge in [-0.15, -0.1) is 0 Å². The number of rotatable bonds is 0. The maximum absolute atomic E-state index is 12.5. The highest BCUT2D eigenvalue weighted by atomic mass is 16.1. The van der Waals surface area contributed by atoms with E-state index in [0.29, 0.717) is 22.5 Å². The first-order valence-electron chi connectivity index (χ1n) is 5.88. The number of hydrogen-bond acceptors (Lipinski definition) is 4. The molecule has 0 bridgehead atoms. The predicted octanol–water partition coefficient (Wildman–Crippen LogP) is 1.93. The first kappa shape index (κ1) is 11.5. The van der Waals surface area contributed by atoms with E-state index in [1.165, 1.54) is 0 Å². The lowest BCUT2D eigenvalue weighted by atomic mass is 9.82. The van der Waals surface area contributed by atoms with Gasteiger partial charge in [0, 0.05) is 22.5 Å². The topological polar surface area (TPSA) is 86.2 Å². The van der Waals surface area contributed by atoms with Crippen molar-refractivity contribution in [3.05, 3.63) is 58.1 Å². The molecule has 0 radical (unpaired) electrons. The third-order valence-corrected chi connectivity index (χ3v) is 3.35. The van der Waals surface area contributed by atoms with Gasteiger partial charge in [0.15, 0.2) is 11.6 Å². The largest absolute Gasteiger partial charge is 0.398 e. The summed E-state index contributed by atoms with van der Waals surface area (Å²) in [5.74, 6) is -0.479. The summed E-state index contributed by atoms with van der Waals surface area (Å²) in [4.78, 5) is 24.9. The van der Waals surface area contributed by atoms with Crippen LogP contribution in [-0.4, -0.2) is 11.6 Å². The lowest BCUT2D eigenvalue weighted by molar-refractivity contribution is 0.0980. The number of anilines is 2. The van der Waals surface area contributed by atoms with Crippen LogP contribution in [0.4, 0.5) is 11.4 Å². The van der Waals surface area contributed by atoms with Crippen LogP contribution >= 0.6 is 0 Å². The average molecular weight is 252 g/mol. The van der Waals surface area contributed by atoms with E-state index in [1.807, 2.05) is 6.92 Å². The van der Waals surface area contributed by atoms with E-state index in [0.717, 1.165) is 5.56 Å². The molecule has 0 amide bonds. The maximum atomic E-state index is 12.5. The quantitative estimate of drug-likeness (QED) is 0.598. The van der Waals surface area contributed by atoms with E-state index in [2.05, 4.69) is 0 Å². The van der Waals surface area contributed by atoms with Crippen molar-refractivity contribution in [3.63, 3.8) is 0 Å². The first-order valence-corrected chi connectivity index (χ1v) is 5.88. The Kier molecular flexibility index (Phi) is 2.22. The summed E-state index contributed by atoms with van der Waals surface area (Å²) in [5.41, 5.74) is 14.4. The van der Waals surface area contributed by atoms with Crippen LogP contribution in [0.1, 0.15) is 37.4 Å². The molecule has 1 aliphatic carbocycles. The minimum absolute atomic E-state index is 0.202. The minimum Gasteiger partial charge on any atom is -0.398 e. The van der Waals surface area contributed by atoms with Crippen molar-refractivity contribution in [2.45, 2.75) is 6.92 Å². The second-order valence-electron chi connectivity index (χ2n) is 4.70. The molecule has 19 heavy (non-hydrogen) atoms. The third kappa shape index (κ3) is 1.46. The van der Waals surface area contributed by atoms with Crippen LogP contribution in [0.2, 0.25) is 0 Å². The highest BCUT2D eigenvalue weighted by Crippen LogP contribution is 2.34. The number of carbonyl (C=O) groups excluding carboxylic acids is 2. The Morgan fingerprint density at radius 1 is 0.842 bits per heavy atom. The average Bonchev–Trinajstić information content (AvgIpc) is 2.34. The van der Waals surface area contributed by atoms with E-state index in [-0.39, 0.29) is 22.7 Å². The summed E-state index contributed by atoms with van der Waals surface area (Å²) in [7, 11) is 0. The van der Waals surface area contributed by atoms with Gasteiger partial charge in [-0.05, 0) is 30.7 Å². The molecular weight excluding hydrogens is 240 g/mol. The van der Waals surface area contributed by atoms with E-state index in [9.17, 15) is 9.59 Å². The molecule has 94 valence electrons. The van der Waals surface area contributed by atoms with Crippen molar-refractivity contribution >= 4 is 22.9 Å². The number of ketones is 2. The van der Waals surface area contributed by atoms with Crippen LogP contribution in [0.3, 0.4) is 0 Å². The van der Waals surface area contributed by atoms with Crippen molar-refractivity contribution in [1.82, 2.24) is 0 Å². The monoisotopic (exact) mass is 252 g/mol. The molecule has 0 heterocycles. The summed E-state index contributed by atoms with van der Waals surface area (Å²) in [6, 6.07) is 8.28. The van der Waals surface area contributed by atoms with E-state index >= 15 is 0 Å². The molecule has 2 aromatic rings. The lowest BCUT2D eigenvalue weighted by Crippen LogP contribution is -2.23. The molecule has 0 spiro atoms. The number of aryl methyl sites for hydroxylation is 1. The fourth-order valence-electron chi connectivity index (χ4n) is 2.53. The van der Waals surface area contributed by atoms with Gasteiger partial charge in [0.2, 0.25) is 0 Å². The Labute approximate surface area is 110 Å². The van der Waals surface area contributed by atoms with Crippen LogP contribution in [0.5, 0.6) is 0 Å².